The summed E-state index contributed by atoms with van der Waals surface area (Å²) in [4.78, 5) is 12.1. The number of nitriles is 1. The highest BCUT2D eigenvalue weighted by molar-refractivity contribution is 6.43. The summed E-state index contributed by atoms with van der Waals surface area (Å²) >= 11 is 11.8. The molecule has 0 radical (unpaired) electrons. The van der Waals surface area contributed by atoms with E-state index in [4.69, 9.17) is 28.5 Å². The fraction of sp³-hybridized carbons (Fsp3) is 0.0588. The number of nitrogens with zero attached hydrogens (tertiary/aromatic N) is 1. The predicted molar refractivity (Wildman–Crippen MR) is 93.9 cm³/mol. The zero-order valence-corrected chi connectivity index (χ0v) is 14.4. The van der Waals surface area contributed by atoms with Crippen LogP contribution < -0.4 is 10.6 Å². The first kappa shape index (κ1) is 19.6. The standard InChI is InChI=1S/C17H10Cl2F3N3O/c18-12-5-3-7-14(15(12)19)24-9-10(8-23)16(26)25-13-6-2-1-4-11(13)17(20,21)22/h1-7,9,24H,(H,25,26)/b10-9-. The number of carbonyl (C=O) groups is 1. The topological polar surface area (TPSA) is 64.9 Å². The summed E-state index contributed by atoms with van der Waals surface area (Å²) < 4.78 is 38.9. The molecule has 0 heterocycles. The molecule has 9 heteroatoms. The van der Waals surface area contributed by atoms with Gasteiger partial charge in [0.25, 0.3) is 5.91 Å². The van der Waals surface area contributed by atoms with Crippen LogP contribution in [-0.2, 0) is 11.0 Å². The van der Waals surface area contributed by atoms with Gasteiger partial charge in [-0.05, 0) is 24.3 Å². The average molecular weight is 400 g/mol. The lowest BCUT2D eigenvalue weighted by atomic mass is 10.1. The number of hydrogen-bond acceptors (Lipinski definition) is 3. The van der Waals surface area contributed by atoms with E-state index in [0.717, 1.165) is 18.3 Å². The van der Waals surface area contributed by atoms with Gasteiger partial charge in [0.1, 0.15) is 11.6 Å². The van der Waals surface area contributed by atoms with E-state index in [1.807, 2.05) is 0 Å². The van der Waals surface area contributed by atoms with Crippen LogP contribution in [0.2, 0.25) is 10.0 Å². The lowest BCUT2D eigenvalue weighted by Gasteiger charge is -2.13. The van der Waals surface area contributed by atoms with Crippen molar-refractivity contribution in [2.45, 2.75) is 6.18 Å². The summed E-state index contributed by atoms with van der Waals surface area (Å²) in [5.74, 6) is -1.00. The Morgan fingerprint density at radius 1 is 1.08 bits per heavy atom. The minimum absolute atomic E-state index is 0.172. The molecule has 2 aromatic rings. The van der Waals surface area contributed by atoms with Crippen molar-refractivity contribution < 1.29 is 18.0 Å². The van der Waals surface area contributed by atoms with Crippen LogP contribution in [0.4, 0.5) is 24.5 Å². The van der Waals surface area contributed by atoms with Crippen LogP contribution in [-0.4, -0.2) is 5.91 Å². The molecule has 26 heavy (non-hydrogen) atoms. The van der Waals surface area contributed by atoms with Crippen molar-refractivity contribution in [2.24, 2.45) is 0 Å². The first-order chi connectivity index (χ1) is 12.2. The van der Waals surface area contributed by atoms with Gasteiger partial charge in [-0.15, -0.1) is 0 Å². The SMILES string of the molecule is N#C/C(=C/Nc1cccc(Cl)c1Cl)C(=O)Nc1ccccc1C(F)(F)F. The number of halogens is 5. The van der Waals surface area contributed by atoms with Crippen molar-refractivity contribution in [1.29, 1.82) is 5.26 Å². The minimum Gasteiger partial charge on any atom is -0.359 e. The zero-order valence-electron chi connectivity index (χ0n) is 12.9. The Balaban J connectivity index is 2.23. The van der Waals surface area contributed by atoms with Gasteiger partial charge < -0.3 is 10.6 Å². The Morgan fingerprint density at radius 2 is 1.73 bits per heavy atom. The van der Waals surface area contributed by atoms with Crippen molar-refractivity contribution in [3.63, 3.8) is 0 Å². The molecule has 0 saturated carbocycles. The molecule has 134 valence electrons. The number of benzene rings is 2. The van der Waals surface area contributed by atoms with Gasteiger partial charge in [-0.25, -0.2) is 0 Å². The average Bonchev–Trinajstić information content (AvgIpc) is 2.58. The van der Waals surface area contributed by atoms with E-state index >= 15 is 0 Å². The molecule has 0 atom stereocenters. The van der Waals surface area contributed by atoms with Gasteiger partial charge >= 0.3 is 6.18 Å². The highest BCUT2D eigenvalue weighted by Gasteiger charge is 2.33. The molecule has 4 nitrogen and oxygen atoms in total. The number of rotatable bonds is 4. The van der Waals surface area contributed by atoms with Gasteiger partial charge in [-0.3, -0.25) is 4.79 Å². The Labute approximate surface area is 156 Å². The summed E-state index contributed by atoms with van der Waals surface area (Å²) in [7, 11) is 0. The van der Waals surface area contributed by atoms with E-state index < -0.39 is 28.9 Å². The molecule has 0 aromatic heterocycles. The van der Waals surface area contributed by atoms with E-state index in [9.17, 15) is 18.0 Å². The third-order valence-corrected chi connectivity index (χ3v) is 3.99. The Morgan fingerprint density at radius 3 is 2.38 bits per heavy atom. The van der Waals surface area contributed by atoms with Gasteiger partial charge in [0.05, 0.1) is 27.0 Å². The molecule has 2 rings (SSSR count). The van der Waals surface area contributed by atoms with Gasteiger partial charge in [0.15, 0.2) is 0 Å². The number of carbonyl (C=O) groups excluding carboxylic acids is 1. The van der Waals surface area contributed by atoms with Crippen LogP contribution >= 0.6 is 23.2 Å². The number of amides is 1. The van der Waals surface area contributed by atoms with Gasteiger partial charge in [-0.2, -0.15) is 18.4 Å². The Kier molecular flexibility index (Phi) is 6.14. The number of alkyl halides is 3. The van der Waals surface area contributed by atoms with Crippen molar-refractivity contribution in [3.8, 4) is 6.07 Å². The lowest BCUT2D eigenvalue weighted by Crippen LogP contribution is -2.18. The molecular weight excluding hydrogens is 390 g/mol. The second-order valence-electron chi connectivity index (χ2n) is 4.91. The van der Waals surface area contributed by atoms with E-state index in [2.05, 4.69) is 10.6 Å². The molecule has 0 saturated heterocycles. The minimum atomic E-state index is -4.65. The van der Waals surface area contributed by atoms with Gasteiger partial charge in [0.2, 0.25) is 0 Å². The normalized spacial score (nSPS) is 11.6. The van der Waals surface area contributed by atoms with E-state index in [1.165, 1.54) is 12.1 Å². The van der Waals surface area contributed by atoms with Crippen molar-refractivity contribution in [1.82, 2.24) is 0 Å². The Hall–Kier alpha value is -2.69. The summed E-state index contributed by atoms with van der Waals surface area (Å²) in [6, 6.07) is 10.8. The maximum absolute atomic E-state index is 13.0. The van der Waals surface area contributed by atoms with Crippen molar-refractivity contribution in [3.05, 3.63) is 69.8 Å². The number of nitrogens with one attached hydrogen (secondary N) is 2. The summed E-state index contributed by atoms with van der Waals surface area (Å²) in [6.45, 7) is 0. The molecule has 0 bridgehead atoms. The summed E-state index contributed by atoms with van der Waals surface area (Å²) in [5, 5.41) is 14.2. The molecule has 0 aliphatic rings. The molecule has 0 fully saturated rings. The van der Waals surface area contributed by atoms with Crippen molar-refractivity contribution in [2.75, 3.05) is 10.6 Å². The van der Waals surface area contributed by atoms with Crippen LogP contribution in [0.15, 0.2) is 54.2 Å². The fourth-order valence-electron chi connectivity index (χ4n) is 1.94. The largest absolute Gasteiger partial charge is 0.418 e. The second-order valence-corrected chi connectivity index (χ2v) is 5.70. The summed E-state index contributed by atoms with van der Waals surface area (Å²) in [6.07, 6.45) is -3.62. The van der Waals surface area contributed by atoms with Crippen LogP contribution in [0.25, 0.3) is 0 Å². The first-order valence-corrected chi connectivity index (χ1v) is 7.78. The summed E-state index contributed by atoms with van der Waals surface area (Å²) in [5.41, 5.74) is -1.59. The number of hydrogen-bond donors (Lipinski definition) is 2. The quantitative estimate of drug-likeness (QED) is 0.529. The highest BCUT2D eigenvalue weighted by atomic mass is 35.5. The molecule has 0 spiro atoms. The Bertz CT molecular complexity index is 905. The molecule has 0 aliphatic heterocycles. The third kappa shape index (κ3) is 4.69. The van der Waals surface area contributed by atoms with Crippen LogP contribution in [0.5, 0.6) is 0 Å². The van der Waals surface area contributed by atoms with Crippen LogP contribution in [0.3, 0.4) is 0 Å². The van der Waals surface area contributed by atoms with E-state index in [-0.39, 0.29) is 10.0 Å². The maximum Gasteiger partial charge on any atom is 0.418 e. The molecular formula is C17H10Cl2F3N3O. The number of anilines is 2. The van der Waals surface area contributed by atoms with E-state index in [1.54, 1.807) is 24.3 Å². The lowest BCUT2D eigenvalue weighted by molar-refractivity contribution is -0.137. The molecule has 0 unspecified atom stereocenters. The molecule has 2 N–H and O–H groups in total. The van der Waals surface area contributed by atoms with Crippen LogP contribution in [0.1, 0.15) is 5.56 Å². The zero-order chi connectivity index (χ0) is 19.3. The highest BCUT2D eigenvalue weighted by Crippen LogP contribution is 2.34. The molecule has 1 amide bonds. The first-order valence-electron chi connectivity index (χ1n) is 7.02. The molecule has 0 aliphatic carbocycles. The van der Waals surface area contributed by atoms with Gasteiger partial charge in [0, 0.05) is 6.20 Å². The maximum atomic E-state index is 13.0. The van der Waals surface area contributed by atoms with Crippen LogP contribution in [0, 0.1) is 11.3 Å². The predicted octanol–water partition coefficient (Wildman–Crippen LogP) is 5.47. The van der Waals surface area contributed by atoms with E-state index in [0.29, 0.717) is 5.69 Å². The third-order valence-electron chi connectivity index (χ3n) is 3.17. The monoisotopic (exact) mass is 399 g/mol. The fourth-order valence-corrected chi connectivity index (χ4v) is 2.30. The number of para-hydroxylation sites is 1. The van der Waals surface area contributed by atoms with Crippen molar-refractivity contribution >= 4 is 40.5 Å². The second kappa shape index (κ2) is 8.13. The molecule has 2 aromatic carbocycles. The smallest absolute Gasteiger partial charge is 0.359 e. The van der Waals surface area contributed by atoms with Gasteiger partial charge in [-0.1, -0.05) is 41.4 Å².